The van der Waals surface area contributed by atoms with Gasteiger partial charge in [-0.1, -0.05) is 97.1 Å². The first-order chi connectivity index (χ1) is 25.7. The number of aromatic nitrogens is 3. The molecule has 52 heavy (non-hydrogen) atoms. The van der Waals surface area contributed by atoms with Gasteiger partial charge in [0.1, 0.15) is 0 Å². The Balaban J connectivity index is 1.20. The lowest BCUT2D eigenvalue weighted by Gasteiger charge is -2.25. The lowest BCUT2D eigenvalue weighted by molar-refractivity contribution is 1.03. The Morgan fingerprint density at radius 1 is 0.365 bits per heavy atom. The third kappa shape index (κ3) is 4.74. The molecule has 4 aromatic heterocycles. The van der Waals surface area contributed by atoms with Crippen LogP contribution < -0.4 is 4.90 Å². The molecule has 0 bridgehead atoms. The average Bonchev–Trinajstić information content (AvgIpc) is 3.89. The van der Waals surface area contributed by atoms with Crippen LogP contribution in [0.3, 0.4) is 0 Å². The normalized spacial score (nSPS) is 11.8. The summed E-state index contributed by atoms with van der Waals surface area (Å²) >= 11 is 5.45. The Bertz CT molecular complexity index is 3160. The summed E-state index contributed by atoms with van der Waals surface area (Å²) in [5.74, 6) is 1.84. The van der Waals surface area contributed by atoms with E-state index in [1.54, 1.807) is 0 Å². The smallest absolute Gasteiger partial charge is 0.238 e. The van der Waals surface area contributed by atoms with Crippen molar-refractivity contribution in [2.24, 2.45) is 0 Å². The third-order valence-corrected chi connectivity index (χ3v) is 13.2. The Labute approximate surface area is 310 Å². The van der Waals surface area contributed by atoms with Crippen molar-refractivity contribution in [2.45, 2.75) is 0 Å². The van der Waals surface area contributed by atoms with Crippen LogP contribution in [0.25, 0.3) is 83.3 Å². The van der Waals surface area contributed by atoms with Crippen molar-refractivity contribution < 1.29 is 0 Å². The van der Waals surface area contributed by atoms with Gasteiger partial charge in [-0.3, -0.25) is 4.90 Å². The summed E-state index contributed by atoms with van der Waals surface area (Å²) in [5, 5.41) is 7.39. The van der Waals surface area contributed by atoms with Gasteiger partial charge in [0.05, 0.1) is 11.4 Å². The lowest BCUT2D eigenvalue weighted by atomic mass is 10.1. The third-order valence-electron chi connectivity index (χ3n) is 9.73. The van der Waals surface area contributed by atoms with Crippen LogP contribution in [0.4, 0.5) is 17.3 Å². The van der Waals surface area contributed by atoms with Gasteiger partial charge in [0.15, 0.2) is 11.6 Å². The molecule has 0 fully saturated rings. The maximum Gasteiger partial charge on any atom is 0.238 e. The highest BCUT2D eigenvalue weighted by Gasteiger charge is 2.24. The number of fused-ring (bicyclic) bond motifs is 9. The molecule has 244 valence electrons. The summed E-state index contributed by atoms with van der Waals surface area (Å²) in [4.78, 5) is 18.0. The fourth-order valence-corrected chi connectivity index (χ4v) is 10.7. The average molecular weight is 719 g/mol. The van der Waals surface area contributed by atoms with Gasteiger partial charge in [-0.05, 0) is 60.7 Å². The van der Waals surface area contributed by atoms with E-state index >= 15 is 0 Å². The van der Waals surface area contributed by atoms with Crippen LogP contribution in [-0.4, -0.2) is 15.0 Å². The minimum Gasteiger partial charge on any atom is -0.278 e. The van der Waals surface area contributed by atoms with Crippen molar-refractivity contribution >= 4 is 112 Å². The van der Waals surface area contributed by atoms with E-state index < -0.39 is 0 Å². The topological polar surface area (TPSA) is 41.9 Å². The van der Waals surface area contributed by atoms with Crippen molar-refractivity contribution in [1.82, 2.24) is 15.0 Å². The highest BCUT2D eigenvalue weighted by molar-refractivity contribution is 7.26. The van der Waals surface area contributed by atoms with Gasteiger partial charge in [-0.2, -0.15) is 9.97 Å². The second-order valence-electron chi connectivity index (χ2n) is 12.8. The molecular formula is C45H26N4S3. The standard InChI is InChI=1S/C45H26N4S3/c1-2-11-27(12-3-1)43-46-44(28-21-24-39-34(25-28)31-14-5-8-18-37(31)50-39)48-45(47-43)49(29-22-23-32-30-13-4-7-17-36(30)52-41(32)26-29)35-16-10-20-40-42(35)33-15-6-9-19-38(33)51-40/h1-26H. The second-order valence-corrected chi connectivity index (χ2v) is 16.1. The zero-order valence-corrected chi connectivity index (χ0v) is 30.0. The van der Waals surface area contributed by atoms with E-state index in [9.17, 15) is 0 Å². The molecule has 0 N–H and O–H groups in total. The first-order valence-corrected chi connectivity index (χ1v) is 19.5. The number of nitrogens with zero attached hydrogens (tertiary/aromatic N) is 4. The molecular weight excluding hydrogens is 693 g/mol. The molecule has 11 rings (SSSR count). The van der Waals surface area contributed by atoms with Crippen LogP contribution in [0, 0.1) is 0 Å². The Morgan fingerprint density at radius 2 is 0.942 bits per heavy atom. The van der Waals surface area contributed by atoms with E-state index in [-0.39, 0.29) is 0 Å². The number of hydrogen-bond donors (Lipinski definition) is 0. The monoisotopic (exact) mass is 718 g/mol. The van der Waals surface area contributed by atoms with Gasteiger partial charge >= 0.3 is 0 Å². The molecule has 0 unspecified atom stereocenters. The molecule has 0 aliphatic carbocycles. The quantitative estimate of drug-likeness (QED) is 0.178. The van der Waals surface area contributed by atoms with Gasteiger partial charge in [-0.25, -0.2) is 4.98 Å². The van der Waals surface area contributed by atoms with Crippen LogP contribution in [0.1, 0.15) is 0 Å². The summed E-state index contributed by atoms with van der Waals surface area (Å²) in [7, 11) is 0. The molecule has 0 atom stereocenters. The predicted octanol–water partition coefficient (Wildman–Crippen LogP) is 13.8. The van der Waals surface area contributed by atoms with Crippen molar-refractivity contribution in [3.63, 3.8) is 0 Å². The number of benzene rings is 7. The van der Waals surface area contributed by atoms with E-state index in [0.717, 1.165) is 22.5 Å². The van der Waals surface area contributed by atoms with Gasteiger partial charge < -0.3 is 0 Å². The van der Waals surface area contributed by atoms with E-state index in [4.69, 9.17) is 15.0 Å². The zero-order chi connectivity index (χ0) is 34.2. The SMILES string of the molecule is c1ccc(-c2nc(-c3ccc4sc5ccccc5c4c3)nc(N(c3ccc4c(c3)sc3ccccc34)c3cccc4sc5ccccc5c34)n2)cc1. The van der Waals surface area contributed by atoms with E-state index in [1.807, 2.05) is 52.2 Å². The Hall–Kier alpha value is -5.99. The Kier molecular flexibility index (Phi) is 6.73. The molecule has 7 aromatic carbocycles. The first kappa shape index (κ1) is 29.7. The van der Waals surface area contributed by atoms with Crippen molar-refractivity contribution in [3.05, 3.63) is 158 Å². The largest absolute Gasteiger partial charge is 0.278 e. The van der Waals surface area contributed by atoms with Gasteiger partial charge in [0.25, 0.3) is 0 Å². The predicted molar refractivity (Wildman–Crippen MR) is 224 cm³/mol. The van der Waals surface area contributed by atoms with Crippen molar-refractivity contribution in [3.8, 4) is 22.8 Å². The molecule has 0 saturated carbocycles. The number of thiophene rings is 3. The first-order valence-electron chi connectivity index (χ1n) is 17.1. The highest BCUT2D eigenvalue weighted by Crippen LogP contribution is 2.46. The minimum absolute atomic E-state index is 0.572. The van der Waals surface area contributed by atoms with Crippen molar-refractivity contribution in [2.75, 3.05) is 4.90 Å². The molecule has 0 spiro atoms. The number of hydrogen-bond acceptors (Lipinski definition) is 7. The van der Waals surface area contributed by atoms with Gasteiger partial charge in [-0.15, -0.1) is 34.0 Å². The maximum atomic E-state index is 5.36. The fourth-order valence-electron chi connectivity index (χ4n) is 7.33. The molecule has 11 aromatic rings. The number of rotatable bonds is 5. The Morgan fingerprint density at radius 3 is 1.73 bits per heavy atom. The van der Waals surface area contributed by atoms with Crippen molar-refractivity contribution in [1.29, 1.82) is 0 Å². The molecule has 4 nitrogen and oxygen atoms in total. The molecule has 7 heteroatoms. The van der Waals surface area contributed by atoms with E-state index in [2.05, 4.69) is 144 Å². The molecule has 0 saturated heterocycles. The van der Waals surface area contributed by atoms with Crippen LogP contribution >= 0.6 is 34.0 Å². The molecule has 0 radical (unpaired) electrons. The minimum atomic E-state index is 0.572. The summed E-state index contributed by atoms with van der Waals surface area (Å²) in [6.07, 6.45) is 0. The molecule has 4 heterocycles. The van der Waals surface area contributed by atoms with Crippen LogP contribution in [0.5, 0.6) is 0 Å². The lowest BCUT2D eigenvalue weighted by Crippen LogP contribution is -2.15. The van der Waals surface area contributed by atoms with Crippen LogP contribution in [0.15, 0.2) is 158 Å². The van der Waals surface area contributed by atoms with Gasteiger partial charge in [0.2, 0.25) is 5.95 Å². The zero-order valence-electron chi connectivity index (χ0n) is 27.5. The van der Waals surface area contributed by atoms with Crippen LogP contribution in [0.2, 0.25) is 0 Å². The molecule has 0 aliphatic heterocycles. The van der Waals surface area contributed by atoms with Crippen LogP contribution in [-0.2, 0) is 0 Å². The fraction of sp³-hybridized carbons (Fsp3) is 0. The molecule has 0 aliphatic rings. The number of anilines is 3. The maximum absolute atomic E-state index is 5.36. The molecule has 0 amide bonds. The summed E-state index contributed by atoms with van der Waals surface area (Å²) < 4.78 is 7.49. The summed E-state index contributed by atoms with van der Waals surface area (Å²) in [6, 6.07) is 56.0. The highest BCUT2D eigenvalue weighted by atomic mass is 32.1. The van der Waals surface area contributed by atoms with E-state index in [0.29, 0.717) is 17.6 Å². The van der Waals surface area contributed by atoms with E-state index in [1.165, 1.54) is 60.5 Å². The second kappa shape index (κ2) is 11.8. The summed E-state index contributed by atoms with van der Waals surface area (Å²) in [6.45, 7) is 0. The van der Waals surface area contributed by atoms with Gasteiger partial charge in [0, 0.05) is 71.6 Å². The summed E-state index contributed by atoms with van der Waals surface area (Å²) in [5.41, 5.74) is 3.92.